The van der Waals surface area contributed by atoms with E-state index in [4.69, 9.17) is 10.6 Å². The van der Waals surface area contributed by atoms with E-state index in [1.165, 1.54) is 18.4 Å². The van der Waals surface area contributed by atoms with Crippen LogP contribution in [0.1, 0.15) is 5.69 Å². The minimum atomic E-state index is -0.569. The number of carbonyl (C=O) groups is 2. The number of aromatic nitrogens is 1. The molecule has 1 saturated heterocycles. The Labute approximate surface area is 162 Å². The number of amides is 2. The molecule has 0 spiro atoms. The van der Waals surface area contributed by atoms with Crippen LogP contribution in [0.25, 0.3) is 0 Å². The Kier molecular flexibility index (Phi) is 6.09. The number of nitrogens with zero attached hydrogens (tertiary/aromatic N) is 3. The number of oxime groups is 1. The summed E-state index contributed by atoms with van der Waals surface area (Å²) in [4.78, 5) is 34.7. The van der Waals surface area contributed by atoms with Gasteiger partial charge in [0.2, 0.25) is 0 Å². The number of β-lactam (4-membered cyclic amide) rings is 1. The van der Waals surface area contributed by atoms with Crippen LogP contribution in [0.3, 0.4) is 0 Å². The normalized spacial score (nSPS) is 22.7. The van der Waals surface area contributed by atoms with E-state index in [-0.39, 0.29) is 46.6 Å². The summed E-state index contributed by atoms with van der Waals surface area (Å²) >= 11 is 2.79. The molecule has 8 nitrogen and oxygen atoms in total. The molecule has 118 valence electrons. The molecule has 2 aliphatic rings. The molecule has 2 aliphatic heterocycles. The number of nitrogens with one attached hydrogen (secondary N) is 1. The summed E-state index contributed by atoms with van der Waals surface area (Å²) in [6, 6.07) is -0.569. The monoisotopic (exact) mass is 363 g/mol. The number of rotatable bonds is 4. The molecule has 23 heavy (non-hydrogen) atoms. The van der Waals surface area contributed by atoms with Crippen LogP contribution in [0.4, 0.5) is 5.13 Å². The summed E-state index contributed by atoms with van der Waals surface area (Å²) in [6.07, 6.45) is 3.66. The number of anilines is 1. The first-order valence-corrected chi connectivity index (χ1v) is 8.28. The first kappa shape index (κ1) is 18.3. The van der Waals surface area contributed by atoms with Gasteiger partial charge in [-0.25, -0.2) is 4.98 Å². The summed E-state index contributed by atoms with van der Waals surface area (Å²) in [5.74, 6) is 0.152. The van der Waals surface area contributed by atoms with Gasteiger partial charge in [0.05, 0.1) is 0 Å². The van der Waals surface area contributed by atoms with Crippen LogP contribution in [0.2, 0.25) is 0 Å². The van der Waals surface area contributed by atoms with Crippen LogP contribution < -0.4 is 11.1 Å². The zero-order valence-corrected chi connectivity index (χ0v) is 13.2. The van der Waals surface area contributed by atoms with Crippen LogP contribution in [0, 0.1) is 0 Å². The Hall–Kier alpha value is -1.07. The average molecular weight is 363 g/mol. The van der Waals surface area contributed by atoms with Crippen molar-refractivity contribution in [2.75, 3.05) is 18.6 Å². The minimum absolute atomic E-state index is 0. The van der Waals surface area contributed by atoms with E-state index in [1.54, 1.807) is 28.2 Å². The van der Waals surface area contributed by atoms with E-state index in [2.05, 4.69) is 15.5 Å². The molecule has 11 heteroatoms. The Bertz CT molecular complexity index is 677. The Balaban J connectivity index is 0.00000192. The molecule has 1 unspecified atom stereocenters. The molecular weight excluding hydrogens is 349 g/mol. The molecule has 3 N–H and O–H groups in total. The maximum absolute atomic E-state index is 12.4. The Morgan fingerprint density at radius 3 is 3.04 bits per heavy atom. The number of fused-ring (bicyclic) bond motifs is 1. The molecule has 1 aromatic heterocycles. The molecule has 0 aromatic carbocycles. The van der Waals surface area contributed by atoms with E-state index >= 15 is 0 Å². The molecule has 0 bridgehead atoms. The van der Waals surface area contributed by atoms with Crippen molar-refractivity contribution >= 4 is 75.3 Å². The van der Waals surface area contributed by atoms with Gasteiger partial charge in [0.25, 0.3) is 11.8 Å². The van der Waals surface area contributed by atoms with E-state index in [0.717, 1.165) is 5.75 Å². The quantitative estimate of drug-likeness (QED) is 0.318. The molecule has 2 amide bonds. The van der Waals surface area contributed by atoms with Crippen molar-refractivity contribution < 1.29 is 14.4 Å². The summed E-state index contributed by atoms with van der Waals surface area (Å²) in [5.41, 5.74) is 5.89. The molecule has 1 aromatic rings. The number of hydrogen-bond donors (Lipinski definition) is 2. The predicted octanol–water partition coefficient (Wildman–Crippen LogP) is -0.659. The van der Waals surface area contributed by atoms with Crippen molar-refractivity contribution in [3.05, 3.63) is 23.3 Å². The van der Waals surface area contributed by atoms with Crippen LogP contribution in [0.5, 0.6) is 0 Å². The second-order valence-corrected chi connectivity index (χ2v) is 6.54. The number of hydrogen-bond acceptors (Lipinski definition) is 8. The van der Waals surface area contributed by atoms with Crippen LogP contribution in [-0.4, -0.2) is 81.2 Å². The zero-order chi connectivity index (χ0) is 15.7. The van der Waals surface area contributed by atoms with Gasteiger partial charge in [-0.3, -0.25) is 9.59 Å². The van der Waals surface area contributed by atoms with Crippen molar-refractivity contribution in [2.24, 2.45) is 5.16 Å². The fourth-order valence-electron chi connectivity index (χ4n) is 2.17. The van der Waals surface area contributed by atoms with Crippen molar-refractivity contribution in [2.45, 2.75) is 11.4 Å². The van der Waals surface area contributed by atoms with Crippen LogP contribution >= 0.6 is 23.1 Å². The summed E-state index contributed by atoms with van der Waals surface area (Å²) in [5, 5.41) is 8.24. The third kappa shape index (κ3) is 3.56. The van der Waals surface area contributed by atoms with Gasteiger partial charge in [-0.05, 0) is 0 Å². The second kappa shape index (κ2) is 7.67. The summed E-state index contributed by atoms with van der Waals surface area (Å²) in [6.45, 7) is 0. The average Bonchev–Trinajstić information content (AvgIpc) is 2.95. The Morgan fingerprint density at radius 1 is 1.61 bits per heavy atom. The molecule has 1 fully saturated rings. The summed E-state index contributed by atoms with van der Waals surface area (Å²) in [7, 11) is 1.33. The number of thioether (sulfide) groups is 1. The van der Waals surface area contributed by atoms with Crippen LogP contribution in [-0.2, 0) is 14.4 Å². The molecule has 0 saturated carbocycles. The van der Waals surface area contributed by atoms with E-state index in [9.17, 15) is 9.59 Å². The van der Waals surface area contributed by atoms with Gasteiger partial charge in [0.1, 0.15) is 24.2 Å². The standard InChI is InChI=1S/C12H13N5O3S2.Na.H/c1-20-16-7(6-5-22-12(13)14-6)9(18)15-8-10(19)17-3-2-4-21-11(8)17;;/h2-3,5,8,11H,4H2,1H3,(H2,13,14)(H,15,18);;/t8?,11-;;/m1../s1. The fraction of sp³-hybridized carbons (Fsp3) is 0.333. The van der Waals surface area contributed by atoms with E-state index < -0.39 is 11.9 Å². The molecule has 3 rings (SSSR count). The Morgan fingerprint density at radius 2 is 2.39 bits per heavy atom. The topological polar surface area (TPSA) is 110 Å². The molecule has 0 aliphatic carbocycles. The van der Waals surface area contributed by atoms with Crippen molar-refractivity contribution in [1.29, 1.82) is 0 Å². The second-order valence-electron chi connectivity index (χ2n) is 4.50. The van der Waals surface area contributed by atoms with Gasteiger partial charge < -0.3 is 20.8 Å². The van der Waals surface area contributed by atoms with Gasteiger partial charge in [0, 0.05) is 17.3 Å². The third-order valence-corrected chi connectivity index (χ3v) is 5.06. The van der Waals surface area contributed by atoms with Gasteiger partial charge in [-0.2, -0.15) is 0 Å². The molecule has 3 heterocycles. The third-order valence-electron chi connectivity index (χ3n) is 3.16. The number of carbonyl (C=O) groups excluding carboxylic acids is 2. The van der Waals surface area contributed by atoms with E-state index in [0.29, 0.717) is 10.8 Å². The number of nitrogen functional groups attached to an aromatic ring is 1. The zero-order valence-electron chi connectivity index (χ0n) is 11.6. The summed E-state index contributed by atoms with van der Waals surface area (Å²) < 4.78 is 0. The van der Waals surface area contributed by atoms with Gasteiger partial charge >= 0.3 is 29.6 Å². The predicted molar refractivity (Wildman–Crippen MR) is 91.4 cm³/mol. The van der Waals surface area contributed by atoms with Gasteiger partial charge in [0.15, 0.2) is 10.8 Å². The molecule has 0 radical (unpaired) electrons. The van der Waals surface area contributed by atoms with Gasteiger partial charge in [-0.15, -0.1) is 23.1 Å². The fourth-order valence-corrected chi connectivity index (χ4v) is 3.82. The SMILES string of the molecule is CON=C(C(=O)NC1C(=O)N2C=CCS[C@H]12)c1csc(N)n1.[NaH]. The maximum atomic E-state index is 12.4. The first-order valence-electron chi connectivity index (χ1n) is 6.35. The number of thiazole rings is 1. The van der Waals surface area contributed by atoms with Crippen molar-refractivity contribution in [3.8, 4) is 0 Å². The number of nitrogens with two attached hydrogens (primary N) is 1. The molecule has 2 atom stereocenters. The van der Waals surface area contributed by atoms with Crippen molar-refractivity contribution in [1.82, 2.24) is 15.2 Å². The van der Waals surface area contributed by atoms with E-state index in [1.807, 2.05) is 6.08 Å². The molecular formula is C12H14N5NaO3S2. The van der Waals surface area contributed by atoms with Crippen molar-refractivity contribution in [3.63, 3.8) is 0 Å². The van der Waals surface area contributed by atoms with Crippen LogP contribution in [0.15, 0.2) is 22.8 Å². The van der Waals surface area contributed by atoms with Gasteiger partial charge in [-0.1, -0.05) is 11.2 Å². The first-order chi connectivity index (χ1) is 10.6.